The highest BCUT2D eigenvalue weighted by Gasteiger charge is 2.35. The van der Waals surface area contributed by atoms with E-state index in [2.05, 4.69) is 186 Å². The second-order valence-corrected chi connectivity index (χ2v) is 14.5. The van der Waals surface area contributed by atoms with E-state index in [0.29, 0.717) is 6.71 Å². The lowest BCUT2D eigenvalue weighted by molar-refractivity contribution is 0.860. The van der Waals surface area contributed by atoms with Gasteiger partial charge in [-0.1, -0.05) is 193 Å². The van der Waals surface area contributed by atoms with E-state index in [1.807, 2.05) is 12.5 Å². The number of allylic oxidation sites excluding steroid dienone is 1. The predicted molar refractivity (Wildman–Crippen MR) is 188 cm³/mol. The van der Waals surface area contributed by atoms with Crippen molar-refractivity contribution in [2.24, 2.45) is 0 Å². The number of aromatic nitrogens is 2. The van der Waals surface area contributed by atoms with Gasteiger partial charge in [0.05, 0.1) is 6.33 Å². The number of nitrogens with zero attached hydrogens (tertiary/aromatic N) is 2. The number of rotatable bonds is 10. The van der Waals surface area contributed by atoms with Crippen LogP contribution < -0.4 is 26.8 Å². The molecule has 0 bridgehead atoms. The summed E-state index contributed by atoms with van der Waals surface area (Å²) in [6.45, 7) is 2.54. The van der Waals surface area contributed by atoms with E-state index in [1.54, 1.807) is 0 Å². The summed E-state index contributed by atoms with van der Waals surface area (Å²) in [6, 6.07) is 54.0. The third-order valence-electron chi connectivity index (χ3n) is 7.83. The predicted octanol–water partition coefficient (Wildman–Crippen LogP) is 5.78. The lowest BCUT2D eigenvalue weighted by atomic mass is 9.37. The minimum Gasteiger partial charge on any atom is -0.339 e. The van der Waals surface area contributed by atoms with Crippen LogP contribution in [0.2, 0.25) is 0 Å². The van der Waals surface area contributed by atoms with Crippen LogP contribution in [0.3, 0.4) is 0 Å². The van der Waals surface area contributed by atoms with Crippen LogP contribution in [-0.4, -0.2) is 24.3 Å². The molecule has 0 aliphatic carbocycles. The Labute approximate surface area is 258 Å². The van der Waals surface area contributed by atoms with Gasteiger partial charge in [-0.25, -0.2) is 4.98 Å². The Hall–Kier alpha value is -4.67. The van der Waals surface area contributed by atoms with Crippen LogP contribution >= 0.6 is 0 Å². The summed E-state index contributed by atoms with van der Waals surface area (Å²) in [5.41, 5.74) is 6.51. The van der Waals surface area contributed by atoms with Gasteiger partial charge in [0, 0.05) is 18.6 Å². The molecule has 0 saturated carbocycles. The van der Waals surface area contributed by atoms with Crippen molar-refractivity contribution in [3.8, 4) is 0 Å². The molecule has 1 aromatic heterocycles. The van der Waals surface area contributed by atoms with E-state index in [0.717, 1.165) is 12.6 Å². The van der Waals surface area contributed by atoms with Gasteiger partial charge in [0.25, 0.3) is 0 Å². The van der Waals surface area contributed by atoms with Gasteiger partial charge in [-0.2, -0.15) is 0 Å². The highest BCUT2D eigenvalue weighted by atomic mass is 28.3. The van der Waals surface area contributed by atoms with Crippen molar-refractivity contribution in [3.05, 3.63) is 182 Å². The summed E-state index contributed by atoms with van der Waals surface area (Å²) in [6.07, 6.45) is 11.5. The quantitative estimate of drug-likeness (QED) is 0.190. The molecule has 5 aromatic carbocycles. The fraction of sp³-hybridized carbons (Fsp3) is 0.103. The molecule has 0 unspecified atom stereocenters. The first-order valence-electron chi connectivity index (χ1n) is 15.2. The van der Waals surface area contributed by atoms with Crippen molar-refractivity contribution in [1.82, 2.24) is 9.55 Å². The largest absolute Gasteiger partial charge is 0.339 e. The molecular weight excluding hydrogens is 535 g/mol. The second-order valence-electron chi connectivity index (χ2n) is 10.8. The normalized spacial score (nSPS) is 11.1. The van der Waals surface area contributed by atoms with E-state index in [-0.39, 0.29) is 0 Å². The topological polar surface area (TPSA) is 17.8 Å². The SMILES string of the molecule is CCCC=C[Si](Cn1ccnc1)(c1ccccc1)c1ccccc1.c1ccc(B(c2ccccc2)c2ccccc2)cc1. The summed E-state index contributed by atoms with van der Waals surface area (Å²) in [5, 5.41) is 2.88. The second kappa shape index (κ2) is 15.5. The molecule has 0 atom stereocenters. The van der Waals surface area contributed by atoms with Gasteiger partial charge in [0.2, 0.25) is 6.71 Å². The number of benzene rings is 5. The molecule has 0 spiro atoms. The molecule has 4 heteroatoms. The molecule has 0 saturated heterocycles. The van der Waals surface area contributed by atoms with Crippen LogP contribution in [0.4, 0.5) is 0 Å². The summed E-state index contributed by atoms with van der Waals surface area (Å²) < 4.78 is 2.22. The Morgan fingerprint density at radius 1 is 0.605 bits per heavy atom. The van der Waals surface area contributed by atoms with Crippen LogP contribution in [0, 0.1) is 0 Å². The molecule has 0 fully saturated rings. The standard InChI is InChI=1S/C21H24N2Si.C18H15B/c1-2-3-10-17-24(19-23-16-15-22-18-23,20-11-6-4-7-12-20)21-13-8-5-9-14-21;1-4-10-16(11-5-1)19(17-12-6-2-7-13-17)18-14-8-3-9-15-18/h4-18H,2-3,19H2,1H3;1-15H. The van der Waals surface area contributed by atoms with Crippen LogP contribution in [0.5, 0.6) is 0 Å². The smallest absolute Gasteiger partial charge is 0.241 e. The molecule has 0 amide bonds. The third kappa shape index (κ3) is 7.79. The first-order chi connectivity index (χ1) is 21.3. The van der Waals surface area contributed by atoms with E-state index in [9.17, 15) is 0 Å². The van der Waals surface area contributed by atoms with Crippen LogP contribution in [0.15, 0.2) is 182 Å². The molecule has 0 N–H and O–H groups in total. The fourth-order valence-corrected chi connectivity index (χ4v) is 9.79. The molecule has 1 heterocycles. The molecule has 43 heavy (non-hydrogen) atoms. The van der Waals surface area contributed by atoms with Crippen LogP contribution in [0.1, 0.15) is 19.8 Å². The maximum Gasteiger partial charge on any atom is 0.241 e. The number of unbranched alkanes of at least 4 members (excludes halogenated alkanes) is 1. The zero-order valence-corrected chi connectivity index (χ0v) is 25.9. The molecule has 0 radical (unpaired) electrons. The number of hydrogen-bond donors (Lipinski definition) is 0. The Balaban J connectivity index is 0.000000176. The Morgan fingerprint density at radius 3 is 1.40 bits per heavy atom. The first kappa shape index (κ1) is 29.8. The molecular formula is C39H39BN2Si. The van der Waals surface area contributed by atoms with Gasteiger partial charge in [0.1, 0.15) is 0 Å². The van der Waals surface area contributed by atoms with Crippen molar-refractivity contribution in [3.63, 3.8) is 0 Å². The van der Waals surface area contributed by atoms with Crippen molar-refractivity contribution < 1.29 is 0 Å². The summed E-state index contributed by atoms with van der Waals surface area (Å²) in [5.74, 6) is 0. The molecule has 212 valence electrons. The van der Waals surface area contributed by atoms with E-state index >= 15 is 0 Å². The third-order valence-corrected chi connectivity index (χ3v) is 12.2. The van der Waals surface area contributed by atoms with Crippen LogP contribution in [0.25, 0.3) is 0 Å². The molecule has 0 aliphatic heterocycles. The zero-order valence-electron chi connectivity index (χ0n) is 24.9. The Kier molecular flexibility index (Phi) is 10.8. The lowest BCUT2D eigenvalue weighted by Gasteiger charge is -2.30. The summed E-state index contributed by atoms with van der Waals surface area (Å²) >= 11 is 0. The first-order valence-corrected chi connectivity index (χ1v) is 17.5. The van der Waals surface area contributed by atoms with Crippen molar-refractivity contribution >= 4 is 41.5 Å². The average molecular weight is 575 g/mol. The number of hydrogen-bond acceptors (Lipinski definition) is 1. The maximum absolute atomic E-state index is 4.25. The van der Waals surface area contributed by atoms with Gasteiger partial charge < -0.3 is 4.57 Å². The van der Waals surface area contributed by atoms with Crippen LogP contribution in [-0.2, 0) is 6.17 Å². The van der Waals surface area contributed by atoms with E-state index in [4.69, 9.17) is 0 Å². The highest BCUT2D eigenvalue weighted by molar-refractivity contribution is 7.05. The molecule has 0 aliphatic rings. The monoisotopic (exact) mass is 574 g/mol. The molecule has 6 rings (SSSR count). The summed E-state index contributed by atoms with van der Waals surface area (Å²) in [7, 11) is -2.05. The van der Waals surface area contributed by atoms with Gasteiger partial charge in [-0.05, 0) is 16.8 Å². The molecule has 6 aromatic rings. The minimum absolute atomic E-state index is 0.309. The van der Waals surface area contributed by atoms with Crippen molar-refractivity contribution in [2.75, 3.05) is 0 Å². The fourth-order valence-electron chi connectivity index (χ4n) is 5.70. The zero-order chi connectivity index (χ0) is 29.6. The minimum atomic E-state index is -2.05. The number of imidazole rings is 1. The lowest BCUT2D eigenvalue weighted by Crippen LogP contribution is -2.60. The maximum atomic E-state index is 4.25. The average Bonchev–Trinajstić information content (AvgIpc) is 3.60. The summed E-state index contributed by atoms with van der Waals surface area (Å²) in [4.78, 5) is 4.25. The van der Waals surface area contributed by atoms with Gasteiger partial charge >= 0.3 is 0 Å². The Morgan fingerprint density at radius 2 is 1.02 bits per heavy atom. The molecule has 2 nitrogen and oxygen atoms in total. The van der Waals surface area contributed by atoms with Crippen molar-refractivity contribution in [1.29, 1.82) is 0 Å². The van der Waals surface area contributed by atoms with Gasteiger partial charge in [-0.3, -0.25) is 0 Å². The Bertz CT molecular complexity index is 1490. The van der Waals surface area contributed by atoms with Crippen molar-refractivity contribution in [2.45, 2.75) is 25.9 Å². The van der Waals surface area contributed by atoms with E-state index < -0.39 is 8.07 Å². The highest BCUT2D eigenvalue weighted by Crippen LogP contribution is 2.12. The van der Waals surface area contributed by atoms with Gasteiger partial charge in [-0.15, -0.1) is 0 Å². The van der Waals surface area contributed by atoms with Gasteiger partial charge in [0.15, 0.2) is 8.07 Å². The van der Waals surface area contributed by atoms with E-state index in [1.165, 1.54) is 33.2 Å².